The fraction of sp³-hybridized carbons (Fsp3) is 0.500. The Balaban J connectivity index is 3.13. The molecular formula is C12H13BrCl2F2. The Bertz CT molecular complexity index is 384. The summed E-state index contributed by atoms with van der Waals surface area (Å²) in [7, 11) is 0. The normalized spacial score (nSPS) is 11.9. The van der Waals surface area contributed by atoms with Gasteiger partial charge in [0.2, 0.25) is 0 Å². The van der Waals surface area contributed by atoms with Crippen LogP contribution in [0.5, 0.6) is 0 Å². The van der Waals surface area contributed by atoms with Crippen molar-refractivity contribution in [2.45, 2.75) is 19.8 Å². The van der Waals surface area contributed by atoms with Crippen molar-refractivity contribution in [1.82, 2.24) is 0 Å². The van der Waals surface area contributed by atoms with E-state index in [0.717, 1.165) is 0 Å². The Hall–Kier alpha value is 0.140. The van der Waals surface area contributed by atoms with Crippen molar-refractivity contribution in [3.63, 3.8) is 0 Å². The van der Waals surface area contributed by atoms with Crippen molar-refractivity contribution in [2.75, 3.05) is 11.8 Å². The van der Waals surface area contributed by atoms with Crippen LogP contribution in [0.1, 0.15) is 18.9 Å². The van der Waals surface area contributed by atoms with Crippen molar-refractivity contribution in [3.8, 4) is 0 Å². The van der Waals surface area contributed by atoms with Crippen molar-refractivity contribution in [2.24, 2.45) is 5.41 Å². The predicted molar refractivity (Wildman–Crippen MR) is 71.9 cm³/mol. The molecule has 5 heteroatoms. The van der Waals surface area contributed by atoms with E-state index in [4.69, 9.17) is 23.2 Å². The van der Waals surface area contributed by atoms with E-state index in [2.05, 4.69) is 15.9 Å². The molecule has 0 aliphatic rings. The van der Waals surface area contributed by atoms with Crippen LogP contribution in [0.25, 0.3) is 0 Å². The standard InChI is InChI=1S/C12H13BrCl2F2/c1-2-12(6-14,7-15)5-8-10(16)4-3-9(13)11(8)17/h3-4H,2,5-7H2,1H3. The van der Waals surface area contributed by atoms with E-state index in [1.54, 1.807) is 0 Å². The molecule has 0 spiro atoms. The zero-order valence-corrected chi connectivity index (χ0v) is 12.5. The molecule has 0 amide bonds. The van der Waals surface area contributed by atoms with Crippen LogP contribution < -0.4 is 0 Å². The van der Waals surface area contributed by atoms with Gasteiger partial charge in [-0.25, -0.2) is 8.78 Å². The zero-order valence-electron chi connectivity index (χ0n) is 9.37. The molecule has 0 saturated carbocycles. The van der Waals surface area contributed by atoms with Crippen LogP contribution in [0, 0.1) is 17.0 Å². The van der Waals surface area contributed by atoms with Gasteiger partial charge in [-0.3, -0.25) is 0 Å². The van der Waals surface area contributed by atoms with Crippen molar-refractivity contribution in [1.29, 1.82) is 0 Å². The van der Waals surface area contributed by atoms with E-state index >= 15 is 0 Å². The minimum absolute atomic E-state index is 0.0440. The van der Waals surface area contributed by atoms with Crippen molar-refractivity contribution in [3.05, 3.63) is 33.8 Å². The number of rotatable bonds is 5. The molecule has 1 rings (SSSR count). The summed E-state index contributed by atoms with van der Waals surface area (Å²) < 4.78 is 27.7. The number of benzene rings is 1. The lowest BCUT2D eigenvalue weighted by Crippen LogP contribution is -2.28. The number of halogens is 5. The molecule has 0 heterocycles. The van der Waals surface area contributed by atoms with Crippen LogP contribution >= 0.6 is 39.1 Å². The van der Waals surface area contributed by atoms with Gasteiger partial charge in [-0.2, -0.15) is 0 Å². The van der Waals surface area contributed by atoms with E-state index in [0.29, 0.717) is 6.42 Å². The summed E-state index contributed by atoms with van der Waals surface area (Å²) in [4.78, 5) is 0. The van der Waals surface area contributed by atoms with Gasteiger partial charge in [-0.05, 0) is 40.9 Å². The first-order valence-electron chi connectivity index (χ1n) is 5.24. The quantitative estimate of drug-likeness (QED) is 0.511. The van der Waals surface area contributed by atoms with Crippen molar-refractivity contribution >= 4 is 39.1 Å². The molecule has 0 aliphatic carbocycles. The fourth-order valence-electron chi connectivity index (χ4n) is 1.55. The maximum atomic E-state index is 13.8. The summed E-state index contributed by atoms with van der Waals surface area (Å²) in [5, 5.41) is 0. The van der Waals surface area contributed by atoms with Gasteiger partial charge < -0.3 is 0 Å². The monoisotopic (exact) mass is 344 g/mol. The first-order chi connectivity index (χ1) is 7.99. The summed E-state index contributed by atoms with van der Waals surface area (Å²) in [6.45, 7) is 1.92. The molecule has 0 aliphatic heterocycles. The van der Waals surface area contributed by atoms with Gasteiger partial charge in [0.15, 0.2) is 0 Å². The Morgan fingerprint density at radius 1 is 1.24 bits per heavy atom. The molecule has 17 heavy (non-hydrogen) atoms. The molecule has 1 aromatic carbocycles. The Kier molecular flexibility index (Phi) is 5.68. The fourth-order valence-corrected chi connectivity index (χ4v) is 2.77. The molecule has 0 nitrogen and oxygen atoms in total. The Morgan fingerprint density at radius 3 is 2.29 bits per heavy atom. The van der Waals surface area contributed by atoms with Gasteiger partial charge in [-0.15, -0.1) is 23.2 Å². The molecule has 0 unspecified atom stereocenters. The molecule has 0 bridgehead atoms. The molecule has 0 N–H and O–H groups in total. The largest absolute Gasteiger partial charge is 0.207 e. The second kappa shape index (κ2) is 6.35. The van der Waals surface area contributed by atoms with Crippen molar-refractivity contribution < 1.29 is 8.78 Å². The third-order valence-corrected chi connectivity index (χ3v) is 4.75. The summed E-state index contributed by atoms with van der Waals surface area (Å²) in [6.07, 6.45) is 0.874. The average molecular weight is 346 g/mol. The molecule has 96 valence electrons. The molecule has 0 radical (unpaired) electrons. The van der Waals surface area contributed by atoms with Crippen LogP contribution in [0.3, 0.4) is 0 Å². The third kappa shape index (κ3) is 3.33. The SMILES string of the molecule is CCC(CCl)(CCl)Cc1c(F)ccc(Br)c1F. The second-order valence-electron chi connectivity index (χ2n) is 4.12. The van der Waals surface area contributed by atoms with Crippen LogP contribution in [0.4, 0.5) is 8.78 Å². The maximum Gasteiger partial charge on any atom is 0.143 e. The van der Waals surface area contributed by atoms with Gasteiger partial charge in [0.05, 0.1) is 4.47 Å². The molecule has 0 atom stereocenters. The minimum Gasteiger partial charge on any atom is -0.207 e. The van der Waals surface area contributed by atoms with Crippen LogP contribution in [-0.2, 0) is 6.42 Å². The highest BCUT2D eigenvalue weighted by Gasteiger charge is 2.29. The topological polar surface area (TPSA) is 0 Å². The first kappa shape index (κ1) is 15.2. The molecular weight excluding hydrogens is 333 g/mol. The van der Waals surface area contributed by atoms with Crippen LogP contribution in [0.15, 0.2) is 16.6 Å². The van der Waals surface area contributed by atoms with E-state index in [9.17, 15) is 8.78 Å². The van der Waals surface area contributed by atoms with E-state index < -0.39 is 17.0 Å². The Morgan fingerprint density at radius 2 is 1.82 bits per heavy atom. The summed E-state index contributed by atoms with van der Waals surface area (Å²) in [5.74, 6) is -0.576. The number of hydrogen-bond acceptors (Lipinski definition) is 0. The lowest BCUT2D eigenvalue weighted by molar-refractivity contribution is 0.348. The lowest BCUT2D eigenvalue weighted by atomic mass is 9.82. The smallest absolute Gasteiger partial charge is 0.143 e. The summed E-state index contributed by atoms with van der Waals surface area (Å²) in [5.41, 5.74) is -0.423. The lowest BCUT2D eigenvalue weighted by Gasteiger charge is -2.28. The molecule has 0 saturated heterocycles. The number of hydrogen-bond donors (Lipinski definition) is 0. The molecule has 1 aromatic rings. The van der Waals surface area contributed by atoms with Gasteiger partial charge in [0.1, 0.15) is 11.6 Å². The van der Waals surface area contributed by atoms with E-state index in [-0.39, 0.29) is 28.2 Å². The zero-order chi connectivity index (χ0) is 13.1. The van der Waals surface area contributed by atoms with Gasteiger partial charge in [0, 0.05) is 22.7 Å². The van der Waals surface area contributed by atoms with Crippen LogP contribution in [0.2, 0.25) is 0 Å². The molecule has 0 fully saturated rings. The maximum absolute atomic E-state index is 13.8. The Labute approximate surface area is 118 Å². The predicted octanol–water partition coefficient (Wildman–Crippen LogP) is 5.14. The highest BCUT2D eigenvalue weighted by Crippen LogP contribution is 2.33. The first-order valence-corrected chi connectivity index (χ1v) is 7.10. The minimum atomic E-state index is -0.571. The molecule has 0 aromatic heterocycles. The number of alkyl halides is 2. The highest BCUT2D eigenvalue weighted by atomic mass is 79.9. The van der Waals surface area contributed by atoms with Gasteiger partial charge >= 0.3 is 0 Å². The van der Waals surface area contributed by atoms with E-state index in [1.165, 1.54) is 12.1 Å². The van der Waals surface area contributed by atoms with Crippen LogP contribution in [-0.4, -0.2) is 11.8 Å². The third-order valence-electron chi connectivity index (χ3n) is 3.01. The van der Waals surface area contributed by atoms with Gasteiger partial charge in [0.25, 0.3) is 0 Å². The second-order valence-corrected chi connectivity index (χ2v) is 5.51. The van der Waals surface area contributed by atoms with Gasteiger partial charge in [-0.1, -0.05) is 6.92 Å². The summed E-state index contributed by atoms with van der Waals surface area (Å²) >= 11 is 14.8. The highest BCUT2D eigenvalue weighted by molar-refractivity contribution is 9.10. The van der Waals surface area contributed by atoms with E-state index in [1.807, 2.05) is 6.92 Å². The average Bonchev–Trinajstić information content (AvgIpc) is 2.36. The summed E-state index contributed by atoms with van der Waals surface area (Å²) in [6, 6.07) is 2.59.